The van der Waals surface area contributed by atoms with Crippen LogP contribution in [0.1, 0.15) is 10.4 Å². The maximum absolute atomic E-state index is 11.2. The lowest BCUT2D eigenvalue weighted by Gasteiger charge is -2.08. The molecule has 0 saturated heterocycles. The van der Waals surface area contributed by atoms with E-state index in [1.165, 1.54) is 18.4 Å². The molecule has 0 bridgehead atoms. The fourth-order valence-electron chi connectivity index (χ4n) is 0.938. The molecule has 0 heterocycles. The van der Waals surface area contributed by atoms with Crippen molar-refractivity contribution in [2.45, 2.75) is 4.90 Å². The zero-order chi connectivity index (χ0) is 10.9. The first-order chi connectivity index (χ1) is 6.43. The summed E-state index contributed by atoms with van der Waals surface area (Å²) in [5.41, 5.74) is 5.40. The summed E-state index contributed by atoms with van der Waals surface area (Å²) < 4.78 is 11.7. The molecular weight excluding hydrogens is 290 g/mol. The van der Waals surface area contributed by atoms with Crippen molar-refractivity contribution in [1.29, 1.82) is 0 Å². The molecule has 0 fully saturated rings. The third-order valence-corrected chi connectivity index (χ3v) is 3.63. The predicted molar refractivity (Wildman–Crippen MR) is 60.0 cm³/mol. The minimum absolute atomic E-state index is 0.277. The van der Waals surface area contributed by atoms with Crippen LogP contribution >= 0.6 is 27.5 Å². The fraction of sp³-hybridized carbons (Fsp3) is 0.125. The minimum atomic E-state index is -1.24. The molecule has 1 amide bonds. The summed E-state index contributed by atoms with van der Waals surface area (Å²) >= 11 is 7.74. The van der Waals surface area contributed by atoms with Crippen LogP contribution in [-0.2, 0) is 11.2 Å². The Bertz CT molecular complexity index is 384. The molecule has 0 aliphatic heterocycles. The predicted octanol–water partition coefficient (Wildman–Crippen LogP) is 1.94. The highest BCUT2D eigenvalue weighted by molar-refractivity contribution is 9.10. The summed E-state index contributed by atoms with van der Waals surface area (Å²) in [5.74, 6) is -0.583. The van der Waals surface area contributed by atoms with Gasteiger partial charge in [0.15, 0.2) is 4.90 Å². The molecule has 0 spiro atoms. The number of hydrogen-bond acceptors (Lipinski definition) is 2. The summed E-state index contributed by atoms with van der Waals surface area (Å²) in [6, 6.07) is 2.95. The van der Waals surface area contributed by atoms with E-state index in [-0.39, 0.29) is 5.56 Å². The zero-order valence-electron chi connectivity index (χ0n) is 7.21. The molecule has 6 heteroatoms. The Morgan fingerprint density at radius 1 is 1.64 bits per heavy atom. The Kier molecular flexibility index (Phi) is 3.83. The summed E-state index contributed by atoms with van der Waals surface area (Å²) in [4.78, 5) is 11.4. The van der Waals surface area contributed by atoms with Crippen molar-refractivity contribution < 1.29 is 9.35 Å². The second-order valence-corrected chi connectivity index (χ2v) is 5.19. The van der Waals surface area contributed by atoms with E-state index < -0.39 is 17.1 Å². The maximum Gasteiger partial charge on any atom is 0.250 e. The van der Waals surface area contributed by atoms with Gasteiger partial charge in [-0.25, -0.2) is 0 Å². The molecule has 1 rings (SSSR count). The van der Waals surface area contributed by atoms with Gasteiger partial charge in [-0.2, -0.15) is 0 Å². The topological polar surface area (TPSA) is 66.2 Å². The monoisotopic (exact) mass is 295 g/mol. The fourth-order valence-corrected chi connectivity index (χ4v) is 2.72. The second kappa shape index (κ2) is 4.53. The van der Waals surface area contributed by atoms with Gasteiger partial charge in [-0.15, -0.1) is 0 Å². The Morgan fingerprint density at radius 3 is 2.64 bits per heavy atom. The smallest absolute Gasteiger partial charge is 0.250 e. The number of carbonyl (C=O) groups is 1. The van der Waals surface area contributed by atoms with Crippen LogP contribution in [0.25, 0.3) is 0 Å². The molecule has 0 unspecified atom stereocenters. The van der Waals surface area contributed by atoms with Crippen molar-refractivity contribution in [1.82, 2.24) is 0 Å². The minimum Gasteiger partial charge on any atom is -0.612 e. The number of hydrogen-bond donors (Lipinski definition) is 1. The largest absolute Gasteiger partial charge is 0.612 e. The van der Waals surface area contributed by atoms with Crippen molar-refractivity contribution in [3.63, 3.8) is 0 Å². The van der Waals surface area contributed by atoms with Crippen LogP contribution in [0.15, 0.2) is 21.5 Å². The van der Waals surface area contributed by atoms with E-state index >= 15 is 0 Å². The van der Waals surface area contributed by atoms with Crippen LogP contribution in [0, 0.1) is 0 Å². The van der Waals surface area contributed by atoms with Gasteiger partial charge in [-0.3, -0.25) is 4.79 Å². The number of nitrogens with two attached hydrogens (primary N) is 1. The Morgan fingerprint density at radius 2 is 2.21 bits per heavy atom. The number of rotatable bonds is 2. The maximum atomic E-state index is 11.2. The van der Waals surface area contributed by atoms with E-state index in [1.807, 2.05) is 0 Å². The Balaban J connectivity index is 3.34. The molecule has 76 valence electrons. The normalized spacial score (nSPS) is 12.6. The molecule has 0 radical (unpaired) electrons. The average Bonchev–Trinajstić information content (AvgIpc) is 2.02. The molecule has 2 N–H and O–H groups in total. The van der Waals surface area contributed by atoms with Gasteiger partial charge in [-0.1, -0.05) is 11.6 Å². The van der Waals surface area contributed by atoms with Crippen molar-refractivity contribution in [2.24, 2.45) is 5.73 Å². The van der Waals surface area contributed by atoms with Gasteiger partial charge in [0, 0.05) is 10.5 Å². The lowest BCUT2D eigenvalue weighted by molar-refractivity contribution is 0.0999. The summed E-state index contributed by atoms with van der Waals surface area (Å²) in [6.45, 7) is 0. The van der Waals surface area contributed by atoms with Gasteiger partial charge >= 0.3 is 0 Å². The van der Waals surface area contributed by atoms with E-state index in [9.17, 15) is 9.35 Å². The number of amides is 1. The van der Waals surface area contributed by atoms with E-state index in [0.717, 1.165) is 0 Å². The van der Waals surface area contributed by atoms with Gasteiger partial charge in [0.2, 0.25) is 5.91 Å². The van der Waals surface area contributed by atoms with Crippen LogP contribution in [-0.4, -0.2) is 16.7 Å². The number of benzene rings is 1. The van der Waals surface area contributed by atoms with Crippen LogP contribution in [0.3, 0.4) is 0 Å². The van der Waals surface area contributed by atoms with Gasteiger partial charge in [0.1, 0.15) is 6.26 Å². The van der Waals surface area contributed by atoms with Crippen LogP contribution in [0.5, 0.6) is 0 Å². The molecule has 0 aliphatic rings. The van der Waals surface area contributed by atoms with E-state index in [0.29, 0.717) is 14.4 Å². The van der Waals surface area contributed by atoms with E-state index in [1.54, 1.807) is 0 Å². The van der Waals surface area contributed by atoms with Crippen LogP contribution in [0.4, 0.5) is 0 Å². The van der Waals surface area contributed by atoms with Crippen LogP contribution < -0.4 is 5.73 Å². The molecule has 0 aromatic heterocycles. The lowest BCUT2D eigenvalue weighted by atomic mass is 10.2. The SMILES string of the molecule is C[S@@+]([O-])c1cc(C(N)=O)c(Br)cc1Cl. The van der Waals surface area contributed by atoms with Crippen molar-refractivity contribution in [3.8, 4) is 0 Å². The van der Waals surface area contributed by atoms with Crippen LogP contribution in [0.2, 0.25) is 5.02 Å². The third-order valence-electron chi connectivity index (χ3n) is 1.60. The van der Waals surface area contributed by atoms with Crippen molar-refractivity contribution in [2.75, 3.05) is 6.26 Å². The lowest BCUT2D eigenvalue weighted by Crippen LogP contribution is -2.13. The average molecular weight is 297 g/mol. The Hall–Kier alpha value is -0.230. The highest BCUT2D eigenvalue weighted by Gasteiger charge is 2.16. The van der Waals surface area contributed by atoms with Gasteiger partial charge in [0.25, 0.3) is 0 Å². The van der Waals surface area contributed by atoms with Gasteiger partial charge < -0.3 is 10.3 Å². The third kappa shape index (κ3) is 2.42. The number of carbonyl (C=O) groups excluding carboxylic acids is 1. The zero-order valence-corrected chi connectivity index (χ0v) is 10.4. The standard InChI is InChI=1S/C8H7BrClNO2S/c1-14(13)7-2-4(8(11)12)5(9)3-6(7)10/h2-3H,1H3,(H2,11,12)/t14-/m1/s1. The molecule has 1 aromatic carbocycles. The number of halogens is 2. The van der Waals surface area contributed by atoms with Crippen molar-refractivity contribution >= 4 is 44.6 Å². The summed E-state index contributed by atoms with van der Waals surface area (Å²) in [5, 5.41) is 0.350. The second-order valence-electron chi connectivity index (χ2n) is 2.58. The number of primary amides is 1. The highest BCUT2D eigenvalue weighted by Crippen LogP contribution is 2.28. The molecule has 1 aromatic rings. The molecule has 0 aliphatic carbocycles. The summed E-state index contributed by atoms with van der Waals surface area (Å²) in [7, 11) is 0. The molecule has 3 nitrogen and oxygen atoms in total. The summed E-state index contributed by atoms with van der Waals surface area (Å²) in [6.07, 6.45) is 1.49. The first-order valence-electron chi connectivity index (χ1n) is 3.55. The Labute approximate surface area is 97.9 Å². The van der Waals surface area contributed by atoms with Crippen molar-refractivity contribution in [3.05, 3.63) is 27.2 Å². The van der Waals surface area contributed by atoms with Gasteiger partial charge in [0.05, 0.1) is 10.6 Å². The van der Waals surface area contributed by atoms with Gasteiger partial charge in [-0.05, 0) is 33.2 Å². The quantitative estimate of drug-likeness (QED) is 0.848. The first kappa shape index (κ1) is 11.8. The van der Waals surface area contributed by atoms with E-state index in [2.05, 4.69) is 15.9 Å². The highest BCUT2D eigenvalue weighted by atomic mass is 79.9. The molecule has 1 atom stereocenters. The molecule has 0 saturated carbocycles. The van der Waals surface area contributed by atoms with E-state index in [4.69, 9.17) is 17.3 Å². The molecular formula is C8H7BrClNO2S. The first-order valence-corrected chi connectivity index (χ1v) is 6.28. The molecule has 14 heavy (non-hydrogen) atoms.